The molecule has 0 amide bonds. The van der Waals surface area contributed by atoms with Crippen LogP contribution in [0.3, 0.4) is 0 Å². The van der Waals surface area contributed by atoms with Crippen LogP contribution in [0.25, 0.3) is 0 Å². The van der Waals surface area contributed by atoms with Crippen molar-refractivity contribution in [1.29, 1.82) is 0 Å². The summed E-state index contributed by atoms with van der Waals surface area (Å²) in [5.74, 6) is 0.239. The normalized spacial score (nSPS) is 13.6. The molecule has 1 atom stereocenters. The average molecular weight is 269 g/mol. The van der Waals surface area contributed by atoms with Gasteiger partial charge in [-0.3, -0.25) is 0 Å². The molecule has 1 N–H and O–H groups in total. The number of nitrogens with one attached hydrogen (secondary N) is 1. The summed E-state index contributed by atoms with van der Waals surface area (Å²) < 4.78 is 22.4. The SMILES string of the molecule is CNC(CCS(C)(=O)=O)Cc1ccc(C)c(C)c1. The van der Waals surface area contributed by atoms with Gasteiger partial charge in [-0.2, -0.15) is 0 Å². The quantitative estimate of drug-likeness (QED) is 0.857. The fourth-order valence-corrected chi connectivity index (χ4v) is 2.63. The van der Waals surface area contributed by atoms with Crippen LogP contribution in [0.4, 0.5) is 0 Å². The summed E-state index contributed by atoms with van der Waals surface area (Å²) in [7, 11) is -0.994. The van der Waals surface area contributed by atoms with Crippen LogP contribution in [-0.4, -0.2) is 33.5 Å². The second kappa shape index (κ2) is 6.34. The van der Waals surface area contributed by atoms with Crippen molar-refractivity contribution in [2.45, 2.75) is 32.7 Å². The second-order valence-electron chi connectivity index (χ2n) is 5.03. The van der Waals surface area contributed by atoms with Gasteiger partial charge in [0.25, 0.3) is 0 Å². The first-order valence-corrected chi connectivity index (χ1v) is 8.29. The molecule has 18 heavy (non-hydrogen) atoms. The lowest BCUT2D eigenvalue weighted by Crippen LogP contribution is -2.29. The largest absolute Gasteiger partial charge is 0.317 e. The molecule has 1 aromatic carbocycles. The van der Waals surface area contributed by atoms with Crippen molar-refractivity contribution in [3.63, 3.8) is 0 Å². The van der Waals surface area contributed by atoms with Gasteiger partial charge in [-0.1, -0.05) is 18.2 Å². The molecule has 0 saturated carbocycles. The van der Waals surface area contributed by atoms with E-state index in [0.29, 0.717) is 6.42 Å². The van der Waals surface area contributed by atoms with Gasteiger partial charge in [0.1, 0.15) is 9.84 Å². The first-order chi connectivity index (χ1) is 8.31. The van der Waals surface area contributed by atoms with Crippen molar-refractivity contribution in [1.82, 2.24) is 5.32 Å². The van der Waals surface area contributed by atoms with E-state index in [1.165, 1.54) is 22.9 Å². The zero-order chi connectivity index (χ0) is 13.8. The van der Waals surface area contributed by atoms with Crippen LogP contribution in [-0.2, 0) is 16.3 Å². The summed E-state index contributed by atoms with van der Waals surface area (Å²) in [5, 5.41) is 3.19. The summed E-state index contributed by atoms with van der Waals surface area (Å²) in [6, 6.07) is 6.63. The Labute approximate surface area is 111 Å². The number of aryl methyl sites for hydroxylation is 2. The molecular weight excluding hydrogens is 246 g/mol. The van der Waals surface area contributed by atoms with Crippen molar-refractivity contribution in [2.24, 2.45) is 0 Å². The molecule has 0 spiro atoms. The van der Waals surface area contributed by atoms with Gasteiger partial charge >= 0.3 is 0 Å². The Hall–Kier alpha value is -0.870. The number of likely N-dealkylation sites (N-methyl/N-ethyl adjacent to an activating group) is 1. The minimum absolute atomic E-state index is 0.210. The maximum atomic E-state index is 11.2. The third kappa shape index (κ3) is 5.19. The van der Waals surface area contributed by atoms with Crippen molar-refractivity contribution in [3.05, 3.63) is 34.9 Å². The van der Waals surface area contributed by atoms with E-state index in [-0.39, 0.29) is 11.8 Å². The van der Waals surface area contributed by atoms with Crippen molar-refractivity contribution in [2.75, 3.05) is 19.1 Å². The van der Waals surface area contributed by atoms with Crippen molar-refractivity contribution < 1.29 is 8.42 Å². The lowest BCUT2D eigenvalue weighted by Gasteiger charge is -2.16. The van der Waals surface area contributed by atoms with E-state index in [2.05, 4.69) is 37.4 Å². The highest BCUT2D eigenvalue weighted by atomic mass is 32.2. The minimum atomic E-state index is -2.88. The average Bonchev–Trinajstić information content (AvgIpc) is 2.28. The van der Waals surface area contributed by atoms with E-state index >= 15 is 0 Å². The lowest BCUT2D eigenvalue weighted by atomic mass is 10.00. The molecule has 0 bridgehead atoms. The summed E-state index contributed by atoms with van der Waals surface area (Å²) in [6.07, 6.45) is 2.81. The summed E-state index contributed by atoms with van der Waals surface area (Å²) >= 11 is 0. The third-order valence-corrected chi connectivity index (χ3v) is 4.28. The van der Waals surface area contributed by atoms with Gasteiger partial charge in [0.15, 0.2) is 0 Å². The van der Waals surface area contributed by atoms with E-state index in [0.717, 1.165) is 6.42 Å². The molecule has 0 aliphatic carbocycles. The van der Waals surface area contributed by atoms with Crippen LogP contribution >= 0.6 is 0 Å². The Morgan fingerprint density at radius 2 is 1.89 bits per heavy atom. The summed E-state index contributed by atoms with van der Waals surface area (Å²) in [5.41, 5.74) is 3.83. The molecule has 1 rings (SSSR count). The van der Waals surface area contributed by atoms with Crippen LogP contribution in [0.1, 0.15) is 23.1 Å². The molecule has 1 unspecified atom stereocenters. The van der Waals surface area contributed by atoms with Crippen LogP contribution < -0.4 is 5.32 Å². The maximum absolute atomic E-state index is 11.2. The molecule has 0 radical (unpaired) electrons. The second-order valence-corrected chi connectivity index (χ2v) is 7.29. The molecule has 0 aliphatic rings. The number of rotatable bonds is 6. The lowest BCUT2D eigenvalue weighted by molar-refractivity contribution is 0.534. The number of benzene rings is 1. The Bertz CT molecular complexity index is 495. The van der Waals surface area contributed by atoms with E-state index < -0.39 is 9.84 Å². The summed E-state index contributed by atoms with van der Waals surface area (Å²) in [6.45, 7) is 4.20. The van der Waals surface area contributed by atoms with Gasteiger partial charge in [-0.05, 0) is 50.4 Å². The van der Waals surface area contributed by atoms with Gasteiger partial charge in [-0.15, -0.1) is 0 Å². The number of hydrogen-bond donors (Lipinski definition) is 1. The minimum Gasteiger partial charge on any atom is -0.317 e. The maximum Gasteiger partial charge on any atom is 0.147 e. The van der Waals surface area contributed by atoms with Crippen LogP contribution in [0.5, 0.6) is 0 Å². The van der Waals surface area contributed by atoms with Crippen LogP contribution in [0, 0.1) is 13.8 Å². The van der Waals surface area contributed by atoms with E-state index in [9.17, 15) is 8.42 Å². The third-order valence-electron chi connectivity index (χ3n) is 3.30. The Morgan fingerprint density at radius 3 is 2.39 bits per heavy atom. The van der Waals surface area contributed by atoms with Gasteiger partial charge in [0.05, 0.1) is 5.75 Å². The highest BCUT2D eigenvalue weighted by Crippen LogP contribution is 2.12. The molecule has 1 aromatic rings. The van der Waals surface area contributed by atoms with E-state index in [1.807, 2.05) is 7.05 Å². The monoisotopic (exact) mass is 269 g/mol. The zero-order valence-electron chi connectivity index (χ0n) is 11.7. The van der Waals surface area contributed by atoms with Gasteiger partial charge in [0, 0.05) is 12.3 Å². The van der Waals surface area contributed by atoms with Crippen LogP contribution in [0.2, 0.25) is 0 Å². The molecule has 0 aromatic heterocycles. The van der Waals surface area contributed by atoms with Gasteiger partial charge in [0.2, 0.25) is 0 Å². The van der Waals surface area contributed by atoms with E-state index in [4.69, 9.17) is 0 Å². The Morgan fingerprint density at radius 1 is 1.22 bits per heavy atom. The molecule has 0 aliphatic heterocycles. The first kappa shape index (κ1) is 15.2. The molecule has 0 saturated heterocycles. The van der Waals surface area contributed by atoms with Gasteiger partial charge < -0.3 is 5.32 Å². The number of sulfone groups is 1. The molecule has 0 heterocycles. The molecule has 0 fully saturated rings. The predicted molar refractivity (Wildman–Crippen MR) is 76.8 cm³/mol. The van der Waals surface area contributed by atoms with Crippen molar-refractivity contribution >= 4 is 9.84 Å². The van der Waals surface area contributed by atoms with Crippen molar-refractivity contribution in [3.8, 4) is 0 Å². The zero-order valence-corrected chi connectivity index (χ0v) is 12.5. The van der Waals surface area contributed by atoms with E-state index in [1.54, 1.807) is 0 Å². The smallest absolute Gasteiger partial charge is 0.147 e. The van der Waals surface area contributed by atoms with Crippen LogP contribution in [0.15, 0.2) is 18.2 Å². The first-order valence-electron chi connectivity index (χ1n) is 6.23. The molecule has 102 valence electrons. The van der Waals surface area contributed by atoms with Gasteiger partial charge in [-0.25, -0.2) is 8.42 Å². The molecule has 4 heteroatoms. The highest BCUT2D eigenvalue weighted by molar-refractivity contribution is 7.90. The Kier molecular flexibility index (Phi) is 5.35. The Balaban J connectivity index is 2.65. The fraction of sp³-hybridized carbons (Fsp3) is 0.571. The standard InChI is InChI=1S/C14H23NO2S/c1-11-5-6-13(9-12(11)2)10-14(15-3)7-8-18(4,16)17/h5-6,9,14-15H,7-8,10H2,1-4H3. The molecular formula is C14H23NO2S. The summed E-state index contributed by atoms with van der Waals surface area (Å²) in [4.78, 5) is 0. The fourth-order valence-electron chi connectivity index (χ4n) is 1.92. The molecule has 3 nitrogen and oxygen atoms in total. The topological polar surface area (TPSA) is 46.2 Å². The number of hydrogen-bond acceptors (Lipinski definition) is 3. The highest BCUT2D eigenvalue weighted by Gasteiger charge is 2.11. The predicted octanol–water partition coefficient (Wildman–Crippen LogP) is 1.87.